The third kappa shape index (κ3) is 6.16. The van der Waals surface area contributed by atoms with Crippen LogP contribution in [-0.2, 0) is 27.5 Å². The summed E-state index contributed by atoms with van der Waals surface area (Å²) in [5, 5.41) is 10.4. The van der Waals surface area contributed by atoms with Crippen molar-refractivity contribution in [2.75, 3.05) is 26.2 Å². The Bertz CT molecular complexity index is 1430. The molecule has 0 aliphatic carbocycles. The second-order valence-corrected chi connectivity index (χ2v) is 11.8. The molecule has 1 N–H and O–H groups in total. The molecule has 1 aromatic heterocycles. The van der Waals surface area contributed by atoms with Crippen LogP contribution in [-0.4, -0.2) is 69.8 Å². The minimum Gasteiger partial charge on any atom is -0.459 e. The van der Waals surface area contributed by atoms with E-state index in [4.69, 9.17) is 9.47 Å². The van der Waals surface area contributed by atoms with Gasteiger partial charge >= 0.3 is 0 Å². The molecule has 6 rings (SSSR count). The van der Waals surface area contributed by atoms with E-state index < -0.39 is 6.29 Å². The molecule has 3 aromatic rings. The monoisotopic (exact) mass is 571 g/mol. The lowest BCUT2D eigenvalue weighted by Crippen LogP contribution is -2.49. The first-order valence-corrected chi connectivity index (χ1v) is 15.3. The van der Waals surface area contributed by atoms with Gasteiger partial charge in [0.2, 0.25) is 12.2 Å². The van der Waals surface area contributed by atoms with E-state index in [1.807, 2.05) is 65.7 Å². The predicted molar refractivity (Wildman–Crippen MR) is 161 cm³/mol. The number of fused-ring (bicyclic) bond motifs is 1. The largest absolute Gasteiger partial charge is 0.459 e. The Morgan fingerprint density at radius 3 is 2.38 bits per heavy atom. The number of aromatic nitrogens is 1. The standard InChI is InChI=1S/C34H41N3O5/c1-24(39)37-21-30(29-7-3-4-8-31(29)37)27-19-32(42-33(20-27)41-23-26-11-9-25(22-38)10-12-26)34(40)36-17-13-28(14-18-36)35-15-5-2-6-16-35/h3-4,7-12,19,21,27-28,33,38H,2,5-6,13-18,20,22-23H2,1H3/t27-,33+/m0/s1. The van der Waals surface area contributed by atoms with Gasteiger partial charge in [0.25, 0.3) is 5.91 Å². The van der Waals surface area contributed by atoms with Crippen molar-refractivity contribution in [3.8, 4) is 0 Å². The van der Waals surface area contributed by atoms with E-state index in [2.05, 4.69) is 4.90 Å². The molecule has 42 heavy (non-hydrogen) atoms. The topological polar surface area (TPSA) is 84.2 Å². The van der Waals surface area contributed by atoms with Crippen LogP contribution in [0.15, 0.2) is 66.6 Å². The molecular formula is C34H41N3O5. The maximum atomic E-state index is 13.9. The summed E-state index contributed by atoms with van der Waals surface area (Å²) in [5.41, 5.74) is 3.64. The highest BCUT2D eigenvalue weighted by Crippen LogP contribution is 2.37. The molecule has 0 unspecified atom stereocenters. The number of carbonyl (C=O) groups excluding carboxylic acids is 2. The van der Waals surface area contributed by atoms with Gasteiger partial charge in [-0.1, -0.05) is 48.9 Å². The predicted octanol–water partition coefficient (Wildman–Crippen LogP) is 5.20. The van der Waals surface area contributed by atoms with E-state index in [9.17, 15) is 14.7 Å². The van der Waals surface area contributed by atoms with Gasteiger partial charge in [-0.05, 0) is 67.6 Å². The van der Waals surface area contributed by atoms with Gasteiger partial charge in [0.15, 0.2) is 5.76 Å². The first-order valence-electron chi connectivity index (χ1n) is 15.3. The van der Waals surface area contributed by atoms with Crippen LogP contribution in [0.4, 0.5) is 0 Å². The molecule has 2 atom stereocenters. The molecule has 2 saturated heterocycles. The summed E-state index contributed by atoms with van der Waals surface area (Å²) in [6.07, 6.45) is 9.57. The van der Waals surface area contributed by atoms with Crippen molar-refractivity contribution in [2.24, 2.45) is 0 Å². The first-order chi connectivity index (χ1) is 20.5. The smallest absolute Gasteiger partial charge is 0.288 e. The Morgan fingerprint density at radius 2 is 1.67 bits per heavy atom. The van der Waals surface area contributed by atoms with Crippen LogP contribution < -0.4 is 0 Å². The molecule has 4 heterocycles. The summed E-state index contributed by atoms with van der Waals surface area (Å²) in [6.45, 7) is 5.66. The normalized spacial score (nSPS) is 22.1. The molecule has 0 spiro atoms. The summed E-state index contributed by atoms with van der Waals surface area (Å²) < 4.78 is 14.2. The lowest BCUT2D eigenvalue weighted by Gasteiger charge is -2.40. The fraction of sp³-hybridized carbons (Fsp3) is 0.471. The van der Waals surface area contributed by atoms with Gasteiger partial charge in [0.05, 0.1) is 18.7 Å². The van der Waals surface area contributed by atoms with Crippen LogP contribution in [0.2, 0.25) is 0 Å². The summed E-state index contributed by atoms with van der Waals surface area (Å²) in [5.74, 6) is 0.0206. The quantitative estimate of drug-likeness (QED) is 0.420. The van der Waals surface area contributed by atoms with Crippen molar-refractivity contribution in [1.29, 1.82) is 0 Å². The summed E-state index contributed by atoms with van der Waals surface area (Å²) in [6, 6.07) is 16.1. The molecule has 8 nitrogen and oxygen atoms in total. The van der Waals surface area contributed by atoms with Crippen molar-refractivity contribution in [1.82, 2.24) is 14.4 Å². The number of amides is 1. The van der Waals surface area contributed by atoms with Crippen LogP contribution in [0.5, 0.6) is 0 Å². The van der Waals surface area contributed by atoms with Gasteiger partial charge in [0.1, 0.15) is 0 Å². The third-order valence-corrected chi connectivity index (χ3v) is 9.05. The number of allylic oxidation sites excluding steroid dienone is 1. The Kier molecular flexibility index (Phi) is 8.74. The number of aliphatic hydroxyl groups excluding tert-OH is 1. The molecular weight excluding hydrogens is 530 g/mol. The minimum atomic E-state index is -0.623. The van der Waals surface area contributed by atoms with Crippen molar-refractivity contribution < 1.29 is 24.2 Å². The fourth-order valence-corrected chi connectivity index (χ4v) is 6.69. The van der Waals surface area contributed by atoms with Gasteiger partial charge < -0.3 is 24.4 Å². The molecule has 0 radical (unpaired) electrons. The van der Waals surface area contributed by atoms with E-state index in [0.717, 1.165) is 53.5 Å². The number of para-hydroxylation sites is 1. The third-order valence-electron chi connectivity index (χ3n) is 9.05. The van der Waals surface area contributed by atoms with Gasteiger partial charge in [-0.3, -0.25) is 14.2 Å². The van der Waals surface area contributed by atoms with Crippen LogP contribution in [0.25, 0.3) is 10.9 Å². The number of ether oxygens (including phenoxy) is 2. The molecule has 3 aliphatic heterocycles. The van der Waals surface area contributed by atoms with Crippen molar-refractivity contribution >= 4 is 22.7 Å². The van der Waals surface area contributed by atoms with Gasteiger partial charge in [-0.2, -0.15) is 0 Å². The van der Waals surface area contributed by atoms with Gasteiger partial charge in [-0.25, -0.2) is 0 Å². The van der Waals surface area contributed by atoms with E-state index in [1.54, 1.807) is 11.5 Å². The molecule has 0 saturated carbocycles. The lowest BCUT2D eigenvalue weighted by atomic mass is 9.92. The number of piperidine rings is 2. The van der Waals surface area contributed by atoms with E-state index in [-0.39, 0.29) is 24.3 Å². The average Bonchev–Trinajstić information content (AvgIpc) is 3.44. The Labute approximate surface area is 247 Å². The highest BCUT2D eigenvalue weighted by atomic mass is 16.7. The Morgan fingerprint density at radius 1 is 0.952 bits per heavy atom. The SMILES string of the molecule is CC(=O)n1cc([C@H]2C=C(C(=O)N3CCC(N4CCCCC4)CC3)O[C@@H](OCc3ccc(CO)cc3)C2)c2ccccc21. The Balaban J connectivity index is 1.23. The summed E-state index contributed by atoms with van der Waals surface area (Å²) in [4.78, 5) is 30.9. The zero-order chi connectivity index (χ0) is 29.1. The lowest BCUT2D eigenvalue weighted by molar-refractivity contribution is -0.156. The van der Waals surface area contributed by atoms with Gasteiger partial charge in [0, 0.05) is 50.0 Å². The average molecular weight is 572 g/mol. The number of aliphatic hydroxyl groups is 1. The van der Waals surface area contributed by atoms with E-state index in [0.29, 0.717) is 24.8 Å². The zero-order valence-electron chi connectivity index (χ0n) is 24.4. The highest BCUT2D eigenvalue weighted by Gasteiger charge is 2.35. The second kappa shape index (κ2) is 12.8. The first kappa shape index (κ1) is 28.6. The van der Waals surface area contributed by atoms with Crippen LogP contribution in [0.1, 0.15) is 72.9 Å². The molecule has 8 heteroatoms. The van der Waals surface area contributed by atoms with Crippen molar-refractivity contribution in [2.45, 2.75) is 76.9 Å². The van der Waals surface area contributed by atoms with E-state index in [1.165, 1.54) is 32.4 Å². The minimum absolute atomic E-state index is 0.00599. The number of rotatable bonds is 7. The Hall–Kier alpha value is -3.46. The zero-order valence-corrected chi connectivity index (χ0v) is 24.4. The number of benzene rings is 2. The fourth-order valence-electron chi connectivity index (χ4n) is 6.69. The van der Waals surface area contributed by atoms with Crippen LogP contribution in [0.3, 0.4) is 0 Å². The van der Waals surface area contributed by atoms with Crippen LogP contribution >= 0.6 is 0 Å². The van der Waals surface area contributed by atoms with Crippen LogP contribution in [0, 0.1) is 0 Å². The number of hydrogen-bond acceptors (Lipinski definition) is 6. The van der Waals surface area contributed by atoms with E-state index >= 15 is 0 Å². The number of carbonyl (C=O) groups is 2. The molecule has 2 fully saturated rings. The maximum Gasteiger partial charge on any atom is 0.288 e. The maximum absolute atomic E-state index is 13.9. The molecule has 3 aliphatic rings. The number of likely N-dealkylation sites (tertiary alicyclic amines) is 2. The van der Waals surface area contributed by atoms with Crippen molar-refractivity contribution in [3.63, 3.8) is 0 Å². The molecule has 1 amide bonds. The molecule has 0 bridgehead atoms. The van der Waals surface area contributed by atoms with Crippen molar-refractivity contribution in [3.05, 3.63) is 83.3 Å². The molecule has 2 aromatic carbocycles. The second-order valence-electron chi connectivity index (χ2n) is 11.8. The number of nitrogens with zero attached hydrogens (tertiary/aromatic N) is 3. The highest BCUT2D eigenvalue weighted by molar-refractivity contribution is 5.95. The number of hydrogen-bond donors (Lipinski definition) is 1. The molecule has 222 valence electrons. The summed E-state index contributed by atoms with van der Waals surface area (Å²) >= 11 is 0. The van der Waals surface area contributed by atoms with Gasteiger partial charge in [-0.15, -0.1) is 0 Å². The summed E-state index contributed by atoms with van der Waals surface area (Å²) in [7, 11) is 0.